The molecule has 5 nitrogen and oxygen atoms in total. The Balaban J connectivity index is 1.73. The molecule has 1 saturated heterocycles. The number of halogens is 1. The third-order valence-electron chi connectivity index (χ3n) is 3.88. The summed E-state index contributed by atoms with van der Waals surface area (Å²) in [5.74, 6) is 1.23. The number of rotatable bonds is 4. The minimum absolute atomic E-state index is 0.212. The van der Waals surface area contributed by atoms with Crippen molar-refractivity contribution in [3.63, 3.8) is 0 Å². The second-order valence-corrected chi connectivity index (χ2v) is 6.03. The number of benzene rings is 1. The summed E-state index contributed by atoms with van der Waals surface area (Å²) in [6.07, 6.45) is 2.33. The minimum atomic E-state index is -0.212. The molecule has 3 rings (SSSR count). The van der Waals surface area contributed by atoms with E-state index < -0.39 is 0 Å². The zero-order valence-corrected chi connectivity index (χ0v) is 13.8. The molecule has 6 heteroatoms. The third-order valence-corrected chi connectivity index (χ3v) is 4.25. The summed E-state index contributed by atoms with van der Waals surface area (Å²) in [7, 11) is 0. The van der Waals surface area contributed by atoms with Gasteiger partial charge in [0.05, 0.1) is 0 Å². The molecular weight excluding hydrogens is 312 g/mol. The number of nitrogens with one attached hydrogen (secondary N) is 1. The first-order valence-electron chi connectivity index (χ1n) is 7.76. The van der Waals surface area contributed by atoms with Crippen molar-refractivity contribution in [2.24, 2.45) is 0 Å². The van der Waals surface area contributed by atoms with Crippen molar-refractivity contribution in [3.8, 4) is 0 Å². The second-order valence-electron chi connectivity index (χ2n) is 5.63. The van der Waals surface area contributed by atoms with E-state index >= 15 is 0 Å². The van der Waals surface area contributed by atoms with E-state index in [1.54, 1.807) is 6.07 Å². The van der Waals surface area contributed by atoms with Gasteiger partial charge in [0.1, 0.15) is 17.3 Å². The highest BCUT2D eigenvalue weighted by molar-refractivity contribution is 6.31. The van der Waals surface area contributed by atoms with E-state index in [4.69, 9.17) is 11.6 Å². The number of hydrogen-bond acceptors (Lipinski definition) is 4. The van der Waals surface area contributed by atoms with Gasteiger partial charge < -0.3 is 10.2 Å². The van der Waals surface area contributed by atoms with E-state index in [2.05, 4.69) is 20.2 Å². The molecule has 0 radical (unpaired) electrons. The summed E-state index contributed by atoms with van der Waals surface area (Å²) in [5, 5.41) is 3.51. The number of aryl methyl sites for hydroxylation is 1. The maximum atomic E-state index is 12.4. The van der Waals surface area contributed by atoms with Gasteiger partial charge in [-0.1, -0.05) is 29.8 Å². The monoisotopic (exact) mass is 330 g/mol. The predicted molar refractivity (Wildman–Crippen MR) is 90.8 cm³/mol. The summed E-state index contributed by atoms with van der Waals surface area (Å²) < 4.78 is 0. The van der Waals surface area contributed by atoms with Crippen LogP contribution >= 0.6 is 11.6 Å². The average Bonchev–Trinajstić information content (AvgIpc) is 3.08. The van der Waals surface area contributed by atoms with Crippen LogP contribution in [0.3, 0.4) is 0 Å². The molecule has 1 aliphatic heterocycles. The molecule has 23 heavy (non-hydrogen) atoms. The summed E-state index contributed by atoms with van der Waals surface area (Å²) >= 11 is 6.11. The Morgan fingerprint density at radius 1 is 1.26 bits per heavy atom. The van der Waals surface area contributed by atoms with Crippen molar-refractivity contribution < 1.29 is 4.79 Å². The maximum Gasteiger partial charge on any atom is 0.270 e. The van der Waals surface area contributed by atoms with Crippen LogP contribution in [0.25, 0.3) is 0 Å². The van der Waals surface area contributed by atoms with Gasteiger partial charge in [-0.3, -0.25) is 4.79 Å². The van der Waals surface area contributed by atoms with E-state index in [9.17, 15) is 4.79 Å². The van der Waals surface area contributed by atoms with Crippen molar-refractivity contribution in [2.75, 3.05) is 18.0 Å². The Kier molecular flexibility index (Phi) is 4.76. The lowest BCUT2D eigenvalue weighted by atomic mass is 10.2. The smallest absolute Gasteiger partial charge is 0.270 e. The first kappa shape index (κ1) is 15.7. The molecule has 2 heterocycles. The van der Waals surface area contributed by atoms with Crippen molar-refractivity contribution >= 4 is 23.3 Å². The van der Waals surface area contributed by atoms with Gasteiger partial charge in [-0.25, -0.2) is 9.97 Å². The van der Waals surface area contributed by atoms with Gasteiger partial charge in [-0.05, 0) is 31.4 Å². The minimum Gasteiger partial charge on any atom is -0.356 e. The Morgan fingerprint density at radius 2 is 2.00 bits per heavy atom. The number of carbonyl (C=O) groups excluding carboxylic acids is 1. The van der Waals surface area contributed by atoms with Crippen molar-refractivity contribution in [3.05, 3.63) is 52.4 Å². The van der Waals surface area contributed by atoms with Gasteiger partial charge in [-0.2, -0.15) is 0 Å². The zero-order chi connectivity index (χ0) is 16.2. The van der Waals surface area contributed by atoms with Gasteiger partial charge >= 0.3 is 0 Å². The molecule has 2 aromatic rings. The largest absolute Gasteiger partial charge is 0.356 e. The highest BCUT2D eigenvalue weighted by Gasteiger charge is 2.17. The van der Waals surface area contributed by atoms with Gasteiger partial charge in [-0.15, -0.1) is 0 Å². The topological polar surface area (TPSA) is 58.1 Å². The van der Waals surface area contributed by atoms with Crippen LogP contribution < -0.4 is 10.2 Å². The van der Waals surface area contributed by atoms with E-state index in [0.717, 1.165) is 37.3 Å². The zero-order valence-electron chi connectivity index (χ0n) is 13.1. The maximum absolute atomic E-state index is 12.4. The molecule has 1 fully saturated rings. The molecule has 0 saturated carbocycles. The van der Waals surface area contributed by atoms with E-state index in [-0.39, 0.29) is 5.91 Å². The number of aromatic nitrogens is 2. The summed E-state index contributed by atoms with van der Waals surface area (Å²) in [4.78, 5) is 23.3. The highest BCUT2D eigenvalue weighted by Crippen LogP contribution is 2.19. The first-order chi connectivity index (χ1) is 11.1. The fraction of sp³-hybridized carbons (Fsp3) is 0.353. The molecule has 0 atom stereocenters. The summed E-state index contributed by atoms with van der Waals surface area (Å²) in [5.41, 5.74) is 1.28. The van der Waals surface area contributed by atoms with Crippen LogP contribution in [0.5, 0.6) is 0 Å². The Bertz CT molecular complexity index is 713. The van der Waals surface area contributed by atoms with Crippen LogP contribution in [-0.4, -0.2) is 29.0 Å². The Labute approximate surface area is 140 Å². The van der Waals surface area contributed by atoms with Crippen molar-refractivity contribution in [1.29, 1.82) is 0 Å². The van der Waals surface area contributed by atoms with Crippen LogP contribution in [-0.2, 0) is 6.54 Å². The Morgan fingerprint density at radius 3 is 2.74 bits per heavy atom. The lowest BCUT2D eigenvalue weighted by Gasteiger charge is -2.17. The summed E-state index contributed by atoms with van der Waals surface area (Å²) in [6.45, 7) is 4.15. The molecule has 0 aliphatic carbocycles. The Hall–Kier alpha value is -2.14. The third kappa shape index (κ3) is 3.79. The van der Waals surface area contributed by atoms with E-state index in [1.165, 1.54) is 0 Å². The molecule has 1 aromatic heterocycles. The van der Waals surface area contributed by atoms with Gasteiger partial charge in [0.15, 0.2) is 0 Å². The standard InChI is InChI=1S/C17H19ClN4O/c1-12-20-15(10-16(21-12)22-8-4-5-9-22)17(23)19-11-13-6-2-3-7-14(13)18/h2-3,6-7,10H,4-5,8-9,11H2,1H3,(H,19,23). The van der Waals surface area contributed by atoms with Crippen LogP contribution in [0, 0.1) is 6.92 Å². The number of nitrogens with zero attached hydrogens (tertiary/aromatic N) is 3. The van der Waals surface area contributed by atoms with Gasteiger partial charge in [0, 0.05) is 30.7 Å². The van der Waals surface area contributed by atoms with Crippen LogP contribution in [0.2, 0.25) is 5.02 Å². The molecule has 0 bridgehead atoms. The molecule has 1 amide bonds. The lowest BCUT2D eigenvalue weighted by Crippen LogP contribution is -2.26. The van der Waals surface area contributed by atoms with Crippen LogP contribution in [0.15, 0.2) is 30.3 Å². The fourth-order valence-corrected chi connectivity index (χ4v) is 2.89. The molecular formula is C17H19ClN4O. The molecule has 1 aromatic carbocycles. The van der Waals surface area contributed by atoms with Gasteiger partial charge in [0.2, 0.25) is 0 Å². The molecule has 0 spiro atoms. The number of carbonyl (C=O) groups is 1. The first-order valence-corrected chi connectivity index (χ1v) is 8.13. The second kappa shape index (κ2) is 6.96. The number of hydrogen-bond donors (Lipinski definition) is 1. The summed E-state index contributed by atoms with van der Waals surface area (Å²) in [6, 6.07) is 9.23. The molecule has 0 unspecified atom stereocenters. The number of anilines is 1. The van der Waals surface area contributed by atoms with Gasteiger partial charge in [0.25, 0.3) is 5.91 Å². The molecule has 120 valence electrons. The fourth-order valence-electron chi connectivity index (χ4n) is 2.68. The predicted octanol–water partition coefficient (Wildman–Crippen LogP) is 2.97. The SMILES string of the molecule is Cc1nc(C(=O)NCc2ccccc2Cl)cc(N2CCCC2)n1. The van der Waals surface area contributed by atoms with E-state index in [0.29, 0.717) is 23.1 Å². The lowest BCUT2D eigenvalue weighted by molar-refractivity contribution is 0.0945. The van der Waals surface area contributed by atoms with E-state index in [1.807, 2.05) is 31.2 Å². The van der Waals surface area contributed by atoms with Crippen LogP contribution in [0.4, 0.5) is 5.82 Å². The van der Waals surface area contributed by atoms with Crippen molar-refractivity contribution in [1.82, 2.24) is 15.3 Å². The molecule has 1 aliphatic rings. The van der Waals surface area contributed by atoms with Crippen molar-refractivity contribution in [2.45, 2.75) is 26.3 Å². The number of amides is 1. The van der Waals surface area contributed by atoms with Crippen LogP contribution in [0.1, 0.15) is 34.7 Å². The normalized spacial score (nSPS) is 14.1. The highest BCUT2D eigenvalue weighted by atomic mass is 35.5. The average molecular weight is 331 g/mol. The quantitative estimate of drug-likeness (QED) is 0.936. The molecule has 1 N–H and O–H groups in total.